The second-order valence-electron chi connectivity index (χ2n) is 7.29. The zero-order valence-corrected chi connectivity index (χ0v) is 15.9. The fourth-order valence-corrected chi connectivity index (χ4v) is 4.47. The molecule has 0 saturated heterocycles. The fraction of sp³-hybridized carbons (Fsp3) is 0.0769. The molecule has 140 valence electrons. The maximum absolute atomic E-state index is 13.6. The Morgan fingerprint density at radius 1 is 0.724 bits per heavy atom. The highest BCUT2D eigenvalue weighted by Crippen LogP contribution is 2.55. The maximum Gasteiger partial charge on any atom is 0.334 e. The quantitative estimate of drug-likeness (QED) is 0.469. The van der Waals surface area contributed by atoms with Gasteiger partial charge in [-0.25, -0.2) is 4.79 Å². The number of rotatable bonds is 2. The normalized spacial score (nSPS) is 20.5. The van der Waals surface area contributed by atoms with Crippen molar-refractivity contribution in [1.29, 1.82) is 0 Å². The van der Waals surface area contributed by atoms with E-state index in [2.05, 4.69) is 0 Å². The highest BCUT2D eigenvalue weighted by molar-refractivity contribution is 6.32. The standard InChI is InChI=1S/C26H18O3/c1-17-16-22(27)26(25(28)29-17)21-15-9-8-14-20(21)23(18-10-4-2-5-11-18)24(26)19-12-6-3-7-13-19/h2-16H,1H3. The molecule has 0 fully saturated rings. The van der Waals surface area contributed by atoms with E-state index >= 15 is 0 Å². The first-order valence-electron chi connectivity index (χ1n) is 9.54. The lowest BCUT2D eigenvalue weighted by molar-refractivity contribution is -0.148. The van der Waals surface area contributed by atoms with Crippen LogP contribution in [0.1, 0.15) is 29.2 Å². The lowest BCUT2D eigenvalue weighted by atomic mass is 9.70. The van der Waals surface area contributed by atoms with Gasteiger partial charge in [0.2, 0.25) is 0 Å². The van der Waals surface area contributed by atoms with Gasteiger partial charge < -0.3 is 4.74 Å². The Hall–Kier alpha value is -3.72. The summed E-state index contributed by atoms with van der Waals surface area (Å²) in [5.74, 6) is -0.480. The molecule has 3 heteroatoms. The predicted molar refractivity (Wildman–Crippen MR) is 112 cm³/mol. The van der Waals surface area contributed by atoms with Crippen LogP contribution in [0.4, 0.5) is 0 Å². The van der Waals surface area contributed by atoms with Gasteiger partial charge in [-0.15, -0.1) is 0 Å². The minimum Gasteiger partial charge on any atom is -0.430 e. The fourth-order valence-electron chi connectivity index (χ4n) is 4.47. The molecule has 0 bridgehead atoms. The van der Waals surface area contributed by atoms with Crippen LogP contribution in [0, 0.1) is 0 Å². The van der Waals surface area contributed by atoms with Crippen molar-refractivity contribution in [3.63, 3.8) is 0 Å². The number of carbonyl (C=O) groups excluding carboxylic acids is 2. The zero-order chi connectivity index (χ0) is 20.0. The van der Waals surface area contributed by atoms with Gasteiger partial charge in [-0.3, -0.25) is 4.79 Å². The topological polar surface area (TPSA) is 43.4 Å². The molecular formula is C26H18O3. The number of hydrogen-bond donors (Lipinski definition) is 0. The summed E-state index contributed by atoms with van der Waals surface area (Å²) >= 11 is 0. The number of benzene rings is 3. The van der Waals surface area contributed by atoms with Crippen molar-refractivity contribution >= 4 is 22.9 Å². The van der Waals surface area contributed by atoms with Crippen molar-refractivity contribution in [2.45, 2.75) is 12.3 Å². The monoisotopic (exact) mass is 378 g/mol. The van der Waals surface area contributed by atoms with E-state index < -0.39 is 11.4 Å². The molecule has 0 amide bonds. The van der Waals surface area contributed by atoms with Crippen LogP contribution < -0.4 is 0 Å². The summed E-state index contributed by atoms with van der Waals surface area (Å²) < 4.78 is 5.55. The summed E-state index contributed by atoms with van der Waals surface area (Å²) in [7, 11) is 0. The molecule has 0 aromatic heterocycles. The van der Waals surface area contributed by atoms with Crippen molar-refractivity contribution < 1.29 is 14.3 Å². The molecule has 1 spiro atoms. The van der Waals surface area contributed by atoms with Gasteiger partial charge in [-0.2, -0.15) is 0 Å². The highest BCUT2D eigenvalue weighted by atomic mass is 16.5. The summed E-state index contributed by atoms with van der Waals surface area (Å²) in [5, 5.41) is 0. The summed E-state index contributed by atoms with van der Waals surface area (Å²) in [6, 6.07) is 27.2. The van der Waals surface area contributed by atoms with Gasteiger partial charge >= 0.3 is 5.97 Å². The number of ether oxygens (including phenoxy) is 1. The lowest BCUT2D eigenvalue weighted by Crippen LogP contribution is -2.46. The number of esters is 1. The summed E-state index contributed by atoms with van der Waals surface area (Å²) in [6.07, 6.45) is 1.44. The van der Waals surface area contributed by atoms with Crippen molar-refractivity contribution in [3.05, 3.63) is 119 Å². The molecule has 1 aliphatic heterocycles. The number of fused-ring (bicyclic) bond motifs is 2. The second kappa shape index (κ2) is 6.42. The van der Waals surface area contributed by atoms with Gasteiger partial charge in [0.25, 0.3) is 0 Å². The molecule has 29 heavy (non-hydrogen) atoms. The minimum absolute atomic E-state index is 0.261. The molecule has 0 N–H and O–H groups in total. The van der Waals surface area contributed by atoms with Crippen LogP contribution in [-0.4, -0.2) is 11.8 Å². The van der Waals surface area contributed by atoms with E-state index in [1.54, 1.807) is 6.92 Å². The summed E-state index contributed by atoms with van der Waals surface area (Å²) in [5.41, 5.74) is 3.44. The van der Waals surface area contributed by atoms with Crippen LogP contribution in [-0.2, 0) is 19.7 Å². The lowest BCUT2D eigenvalue weighted by Gasteiger charge is -2.32. The third-order valence-electron chi connectivity index (χ3n) is 5.61. The average molecular weight is 378 g/mol. The zero-order valence-electron chi connectivity index (χ0n) is 15.9. The van der Waals surface area contributed by atoms with Gasteiger partial charge in [0.15, 0.2) is 11.2 Å². The molecule has 3 aromatic rings. The molecule has 3 aromatic carbocycles. The Bertz CT molecular complexity index is 1200. The predicted octanol–water partition coefficient (Wildman–Crippen LogP) is 4.93. The van der Waals surface area contributed by atoms with E-state index in [9.17, 15) is 9.59 Å². The van der Waals surface area contributed by atoms with Crippen LogP contribution in [0.15, 0.2) is 96.8 Å². The molecule has 2 aliphatic rings. The molecule has 1 unspecified atom stereocenters. The molecular weight excluding hydrogens is 360 g/mol. The highest BCUT2D eigenvalue weighted by Gasteiger charge is 2.58. The Morgan fingerprint density at radius 2 is 1.31 bits per heavy atom. The largest absolute Gasteiger partial charge is 0.430 e. The molecule has 0 saturated carbocycles. The molecule has 5 rings (SSSR count). The van der Waals surface area contributed by atoms with Crippen LogP contribution in [0.2, 0.25) is 0 Å². The van der Waals surface area contributed by atoms with E-state index in [0.717, 1.165) is 22.3 Å². The molecule has 0 radical (unpaired) electrons. The maximum atomic E-state index is 13.6. The van der Waals surface area contributed by atoms with E-state index in [1.807, 2.05) is 84.9 Å². The van der Waals surface area contributed by atoms with E-state index in [0.29, 0.717) is 16.9 Å². The first kappa shape index (κ1) is 17.4. The smallest absolute Gasteiger partial charge is 0.334 e. The number of cyclic esters (lactones) is 1. The van der Waals surface area contributed by atoms with E-state index in [1.165, 1.54) is 6.08 Å². The second-order valence-corrected chi connectivity index (χ2v) is 7.29. The Morgan fingerprint density at radius 3 is 1.97 bits per heavy atom. The first-order chi connectivity index (χ1) is 14.1. The Labute approximate surface area is 169 Å². The van der Waals surface area contributed by atoms with Crippen LogP contribution in [0.5, 0.6) is 0 Å². The SMILES string of the molecule is CC1=CC(=O)C2(C(=O)O1)C(c1ccccc1)=C(c1ccccc1)c1ccccc12. The number of allylic oxidation sites excluding steroid dienone is 2. The minimum atomic E-state index is -1.50. The third kappa shape index (κ3) is 2.37. The van der Waals surface area contributed by atoms with Gasteiger partial charge in [-0.1, -0.05) is 84.9 Å². The van der Waals surface area contributed by atoms with E-state index in [-0.39, 0.29) is 5.78 Å². The average Bonchev–Trinajstić information content (AvgIpc) is 3.06. The van der Waals surface area contributed by atoms with Gasteiger partial charge in [0.1, 0.15) is 5.76 Å². The van der Waals surface area contributed by atoms with E-state index in [4.69, 9.17) is 4.74 Å². The van der Waals surface area contributed by atoms with Crippen molar-refractivity contribution in [2.24, 2.45) is 0 Å². The van der Waals surface area contributed by atoms with Crippen molar-refractivity contribution in [3.8, 4) is 0 Å². The number of carbonyl (C=O) groups is 2. The Balaban J connectivity index is 1.96. The van der Waals surface area contributed by atoms with Gasteiger partial charge in [-0.05, 0) is 40.3 Å². The number of ketones is 1. The third-order valence-corrected chi connectivity index (χ3v) is 5.61. The first-order valence-corrected chi connectivity index (χ1v) is 9.54. The van der Waals surface area contributed by atoms with Gasteiger partial charge in [0, 0.05) is 6.08 Å². The molecule has 1 heterocycles. The van der Waals surface area contributed by atoms with Gasteiger partial charge in [0.05, 0.1) is 0 Å². The van der Waals surface area contributed by atoms with Crippen LogP contribution in [0.3, 0.4) is 0 Å². The van der Waals surface area contributed by atoms with Crippen LogP contribution >= 0.6 is 0 Å². The van der Waals surface area contributed by atoms with Crippen molar-refractivity contribution in [2.75, 3.05) is 0 Å². The number of hydrogen-bond acceptors (Lipinski definition) is 3. The molecule has 1 atom stereocenters. The van der Waals surface area contributed by atoms with Crippen LogP contribution in [0.25, 0.3) is 11.1 Å². The Kier molecular flexibility index (Phi) is 3.85. The van der Waals surface area contributed by atoms with Crippen molar-refractivity contribution in [1.82, 2.24) is 0 Å². The molecule has 3 nitrogen and oxygen atoms in total. The summed E-state index contributed by atoms with van der Waals surface area (Å²) in [6.45, 7) is 1.63. The molecule has 1 aliphatic carbocycles. The summed E-state index contributed by atoms with van der Waals surface area (Å²) in [4.78, 5) is 27.0.